The zero-order valence-corrected chi connectivity index (χ0v) is 11.0. The van der Waals surface area contributed by atoms with E-state index in [4.69, 9.17) is 16.0 Å². The first-order valence-electron chi connectivity index (χ1n) is 5.87. The molecule has 0 unspecified atom stereocenters. The number of alkyl halides is 1. The SMILES string of the molecule is ClCc1nnc(-c2cc3c(s2)CCCCC3)o1. The topological polar surface area (TPSA) is 38.9 Å². The molecule has 2 aromatic rings. The van der Waals surface area contributed by atoms with Crippen LogP contribution in [0.2, 0.25) is 0 Å². The first-order valence-corrected chi connectivity index (χ1v) is 7.22. The molecule has 0 bridgehead atoms. The maximum atomic E-state index is 5.66. The summed E-state index contributed by atoms with van der Waals surface area (Å²) in [7, 11) is 0. The van der Waals surface area contributed by atoms with Crippen LogP contribution in [0.4, 0.5) is 0 Å². The van der Waals surface area contributed by atoms with E-state index < -0.39 is 0 Å². The van der Waals surface area contributed by atoms with Crippen molar-refractivity contribution in [2.45, 2.75) is 38.0 Å². The molecule has 2 heterocycles. The highest BCUT2D eigenvalue weighted by Crippen LogP contribution is 2.34. The summed E-state index contributed by atoms with van der Waals surface area (Å²) >= 11 is 7.44. The normalized spacial score (nSPS) is 15.6. The molecule has 5 heteroatoms. The lowest BCUT2D eigenvalue weighted by atomic mass is 10.1. The predicted molar refractivity (Wildman–Crippen MR) is 68.4 cm³/mol. The van der Waals surface area contributed by atoms with Crippen LogP contribution in [-0.4, -0.2) is 10.2 Å². The van der Waals surface area contributed by atoms with Gasteiger partial charge in [-0.15, -0.1) is 33.1 Å². The minimum atomic E-state index is 0.276. The van der Waals surface area contributed by atoms with Crippen molar-refractivity contribution in [1.29, 1.82) is 0 Å². The molecule has 1 aliphatic carbocycles. The Kier molecular flexibility index (Phi) is 3.16. The lowest BCUT2D eigenvalue weighted by Gasteiger charge is -1.92. The number of hydrogen-bond acceptors (Lipinski definition) is 4. The van der Waals surface area contributed by atoms with Gasteiger partial charge in [-0.25, -0.2) is 0 Å². The number of hydrogen-bond donors (Lipinski definition) is 0. The highest BCUT2D eigenvalue weighted by atomic mass is 35.5. The molecule has 0 atom stereocenters. The van der Waals surface area contributed by atoms with Crippen molar-refractivity contribution in [2.24, 2.45) is 0 Å². The van der Waals surface area contributed by atoms with E-state index in [1.807, 2.05) is 0 Å². The predicted octanol–water partition coefficient (Wildman–Crippen LogP) is 3.81. The molecular formula is C12H13ClN2OS. The van der Waals surface area contributed by atoms with Gasteiger partial charge >= 0.3 is 0 Å². The number of fused-ring (bicyclic) bond motifs is 1. The fourth-order valence-corrected chi connectivity index (χ4v) is 3.46. The van der Waals surface area contributed by atoms with Crippen molar-refractivity contribution in [3.8, 4) is 10.8 Å². The summed E-state index contributed by atoms with van der Waals surface area (Å²) in [4.78, 5) is 2.57. The third-order valence-corrected chi connectivity index (χ3v) is 4.49. The van der Waals surface area contributed by atoms with E-state index in [2.05, 4.69) is 16.3 Å². The van der Waals surface area contributed by atoms with Crippen molar-refractivity contribution < 1.29 is 4.42 Å². The van der Waals surface area contributed by atoms with E-state index >= 15 is 0 Å². The minimum absolute atomic E-state index is 0.276. The Morgan fingerprint density at radius 1 is 1.24 bits per heavy atom. The molecule has 0 spiro atoms. The van der Waals surface area contributed by atoms with Crippen LogP contribution in [-0.2, 0) is 18.7 Å². The van der Waals surface area contributed by atoms with Gasteiger partial charge in [0.2, 0.25) is 5.89 Å². The summed E-state index contributed by atoms with van der Waals surface area (Å²) < 4.78 is 5.48. The van der Waals surface area contributed by atoms with Crippen molar-refractivity contribution in [2.75, 3.05) is 0 Å². The lowest BCUT2D eigenvalue weighted by molar-refractivity contribution is 0.528. The lowest BCUT2D eigenvalue weighted by Crippen LogP contribution is -1.80. The van der Waals surface area contributed by atoms with E-state index in [0.717, 1.165) is 4.88 Å². The standard InChI is InChI=1S/C12H13ClN2OS/c13-7-11-14-15-12(16-11)10-6-8-4-2-1-3-5-9(8)17-10/h6H,1-5,7H2. The molecule has 0 aromatic carbocycles. The molecule has 3 rings (SSSR count). The second kappa shape index (κ2) is 4.78. The molecule has 0 saturated heterocycles. The molecule has 0 radical (unpaired) electrons. The fraction of sp³-hybridized carbons (Fsp3) is 0.500. The van der Waals surface area contributed by atoms with Gasteiger partial charge in [0, 0.05) is 4.88 Å². The summed E-state index contributed by atoms with van der Waals surface area (Å²) in [5.74, 6) is 1.38. The van der Waals surface area contributed by atoms with Gasteiger partial charge in [-0.1, -0.05) is 6.42 Å². The molecule has 17 heavy (non-hydrogen) atoms. The molecule has 0 N–H and O–H groups in total. The van der Waals surface area contributed by atoms with Gasteiger partial charge in [-0.05, 0) is 37.3 Å². The first kappa shape index (κ1) is 11.2. The van der Waals surface area contributed by atoms with E-state index in [0.29, 0.717) is 11.8 Å². The second-order valence-electron chi connectivity index (χ2n) is 4.25. The van der Waals surface area contributed by atoms with Crippen LogP contribution in [0.15, 0.2) is 10.5 Å². The van der Waals surface area contributed by atoms with Gasteiger partial charge in [0.15, 0.2) is 0 Å². The van der Waals surface area contributed by atoms with Crippen molar-refractivity contribution in [3.63, 3.8) is 0 Å². The maximum Gasteiger partial charge on any atom is 0.257 e. The number of nitrogens with zero attached hydrogens (tertiary/aromatic N) is 2. The van der Waals surface area contributed by atoms with Crippen LogP contribution in [0.25, 0.3) is 10.8 Å². The highest BCUT2D eigenvalue weighted by molar-refractivity contribution is 7.15. The minimum Gasteiger partial charge on any atom is -0.419 e. The van der Waals surface area contributed by atoms with Crippen LogP contribution < -0.4 is 0 Å². The van der Waals surface area contributed by atoms with E-state index in [1.54, 1.807) is 11.3 Å². The van der Waals surface area contributed by atoms with Crippen LogP contribution in [0.1, 0.15) is 35.6 Å². The molecule has 0 amide bonds. The third kappa shape index (κ3) is 2.24. The molecule has 0 fully saturated rings. The molecule has 0 saturated carbocycles. The molecule has 2 aromatic heterocycles. The Morgan fingerprint density at radius 2 is 2.12 bits per heavy atom. The van der Waals surface area contributed by atoms with E-state index in [1.165, 1.54) is 42.5 Å². The van der Waals surface area contributed by atoms with E-state index in [9.17, 15) is 0 Å². The average molecular weight is 269 g/mol. The summed E-state index contributed by atoms with van der Waals surface area (Å²) in [6.07, 6.45) is 6.30. The maximum absolute atomic E-state index is 5.66. The zero-order valence-electron chi connectivity index (χ0n) is 9.41. The summed E-state index contributed by atoms with van der Waals surface area (Å²) in [5, 5.41) is 7.93. The van der Waals surface area contributed by atoms with Gasteiger partial charge < -0.3 is 4.42 Å². The first-order chi connectivity index (χ1) is 8.36. The fourth-order valence-electron chi connectivity index (χ4n) is 2.18. The van der Waals surface area contributed by atoms with Gasteiger partial charge in [0.25, 0.3) is 5.89 Å². The average Bonchev–Trinajstić information content (AvgIpc) is 2.92. The second-order valence-corrected chi connectivity index (χ2v) is 5.66. The molecule has 3 nitrogen and oxygen atoms in total. The van der Waals surface area contributed by atoms with Crippen LogP contribution >= 0.6 is 22.9 Å². The molecule has 0 aliphatic heterocycles. The Labute approximate surface area is 109 Å². The number of halogens is 1. The smallest absolute Gasteiger partial charge is 0.257 e. The van der Waals surface area contributed by atoms with Gasteiger partial charge in [-0.3, -0.25) is 0 Å². The van der Waals surface area contributed by atoms with Crippen molar-refractivity contribution in [1.82, 2.24) is 10.2 Å². The number of rotatable bonds is 2. The molecular weight excluding hydrogens is 256 g/mol. The van der Waals surface area contributed by atoms with Crippen molar-refractivity contribution >= 4 is 22.9 Å². The Hall–Kier alpha value is -0.870. The third-order valence-electron chi connectivity index (χ3n) is 3.04. The summed E-state index contributed by atoms with van der Waals surface area (Å²) in [6, 6.07) is 2.21. The number of thiophene rings is 1. The number of aromatic nitrogens is 2. The van der Waals surface area contributed by atoms with Gasteiger partial charge in [0.05, 0.1) is 4.88 Å². The van der Waals surface area contributed by atoms with E-state index in [-0.39, 0.29) is 5.88 Å². The molecule has 90 valence electrons. The van der Waals surface area contributed by atoms with Crippen LogP contribution in [0, 0.1) is 0 Å². The highest BCUT2D eigenvalue weighted by Gasteiger charge is 2.16. The number of aryl methyl sites for hydroxylation is 2. The van der Waals surface area contributed by atoms with Crippen LogP contribution in [0.3, 0.4) is 0 Å². The summed E-state index contributed by atoms with van der Waals surface area (Å²) in [5.41, 5.74) is 1.47. The van der Waals surface area contributed by atoms with Crippen LogP contribution in [0.5, 0.6) is 0 Å². The Balaban J connectivity index is 1.93. The van der Waals surface area contributed by atoms with Crippen molar-refractivity contribution in [3.05, 3.63) is 22.4 Å². The van der Waals surface area contributed by atoms with Gasteiger partial charge in [0.1, 0.15) is 5.88 Å². The van der Waals surface area contributed by atoms with Gasteiger partial charge in [-0.2, -0.15) is 0 Å². The molecule has 1 aliphatic rings. The Bertz CT molecular complexity index is 497. The zero-order chi connectivity index (χ0) is 11.7. The monoisotopic (exact) mass is 268 g/mol. The largest absolute Gasteiger partial charge is 0.419 e. The summed E-state index contributed by atoms with van der Waals surface area (Å²) in [6.45, 7) is 0. The quantitative estimate of drug-likeness (QED) is 0.614. The Morgan fingerprint density at radius 3 is 2.94 bits per heavy atom.